The number of morpholine rings is 1. The van der Waals surface area contributed by atoms with E-state index in [-0.39, 0.29) is 5.69 Å². The molecule has 1 aliphatic rings. The van der Waals surface area contributed by atoms with Crippen molar-refractivity contribution in [3.63, 3.8) is 0 Å². The maximum absolute atomic E-state index is 11.0. The first-order chi connectivity index (χ1) is 12.2. The van der Waals surface area contributed by atoms with E-state index < -0.39 is 5.97 Å². The van der Waals surface area contributed by atoms with Crippen LogP contribution in [-0.2, 0) is 4.74 Å². The molecule has 0 bridgehead atoms. The average molecular weight is 335 g/mol. The Hall–Kier alpha value is -3.17. The van der Waals surface area contributed by atoms with Gasteiger partial charge in [-0.05, 0) is 35.9 Å². The van der Waals surface area contributed by atoms with Crippen molar-refractivity contribution in [3.8, 4) is 6.07 Å². The fraction of sp³-hybridized carbons (Fsp3) is 0.211. The van der Waals surface area contributed by atoms with Gasteiger partial charge in [0, 0.05) is 18.8 Å². The fourth-order valence-electron chi connectivity index (χ4n) is 2.61. The number of carboxylic acid groups (broad SMARTS) is 1. The zero-order valence-electron chi connectivity index (χ0n) is 13.6. The Bertz CT molecular complexity index is 832. The molecule has 3 rings (SSSR count). The lowest BCUT2D eigenvalue weighted by molar-refractivity contribution is 0.0690. The van der Waals surface area contributed by atoms with Gasteiger partial charge in [0.25, 0.3) is 0 Å². The Balaban J connectivity index is 1.79. The molecule has 1 aromatic carbocycles. The van der Waals surface area contributed by atoms with Gasteiger partial charge in [-0.25, -0.2) is 9.78 Å². The predicted octanol–water partition coefficient (Wildman–Crippen LogP) is 2.66. The molecule has 1 N–H and O–H groups in total. The first kappa shape index (κ1) is 16.7. The van der Waals surface area contributed by atoms with Crippen molar-refractivity contribution in [1.82, 2.24) is 4.98 Å². The number of aromatic nitrogens is 1. The van der Waals surface area contributed by atoms with Crippen LogP contribution < -0.4 is 4.90 Å². The fourth-order valence-corrected chi connectivity index (χ4v) is 2.61. The summed E-state index contributed by atoms with van der Waals surface area (Å²) in [5.74, 6) is -1.12. The number of nitriles is 1. The van der Waals surface area contributed by atoms with Crippen molar-refractivity contribution in [2.24, 2.45) is 0 Å². The molecule has 0 saturated carbocycles. The number of aromatic carboxylic acids is 1. The highest BCUT2D eigenvalue weighted by atomic mass is 16.5. The lowest BCUT2D eigenvalue weighted by atomic mass is 10.1. The minimum atomic E-state index is -1.12. The van der Waals surface area contributed by atoms with E-state index in [9.17, 15) is 4.79 Å². The molecule has 6 nitrogen and oxygen atoms in total. The largest absolute Gasteiger partial charge is 0.477 e. The molecule has 2 heterocycles. The SMILES string of the molecule is N#Cc1ccc(C(=O)O)nc1/C=C\c1ccc(N2CCOCC2)cc1. The highest BCUT2D eigenvalue weighted by molar-refractivity contribution is 5.86. The van der Waals surface area contributed by atoms with Crippen LogP contribution in [0.2, 0.25) is 0 Å². The molecule has 126 valence electrons. The number of nitrogens with zero attached hydrogens (tertiary/aromatic N) is 3. The van der Waals surface area contributed by atoms with Gasteiger partial charge in [0.1, 0.15) is 11.8 Å². The molecular formula is C19H17N3O3. The van der Waals surface area contributed by atoms with Crippen molar-refractivity contribution >= 4 is 23.8 Å². The number of anilines is 1. The Labute approximate surface area is 145 Å². The number of hydrogen-bond donors (Lipinski definition) is 1. The maximum atomic E-state index is 11.0. The van der Waals surface area contributed by atoms with Gasteiger partial charge in [-0.2, -0.15) is 5.26 Å². The summed E-state index contributed by atoms with van der Waals surface area (Å²) in [6, 6.07) is 12.9. The second kappa shape index (κ2) is 7.60. The van der Waals surface area contributed by atoms with Crippen LogP contribution in [0.1, 0.15) is 27.3 Å². The van der Waals surface area contributed by atoms with Gasteiger partial charge >= 0.3 is 5.97 Å². The molecule has 0 radical (unpaired) electrons. The molecule has 0 aliphatic carbocycles. The summed E-state index contributed by atoms with van der Waals surface area (Å²) in [6.45, 7) is 3.24. The van der Waals surface area contributed by atoms with Gasteiger partial charge in [-0.3, -0.25) is 0 Å². The second-order valence-electron chi connectivity index (χ2n) is 5.57. The summed E-state index contributed by atoms with van der Waals surface area (Å²) in [6.07, 6.45) is 3.48. The van der Waals surface area contributed by atoms with Crippen molar-refractivity contribution in [1.29, 1.82) is 5.26 Å². The van der Waals surface area contributed by atoms with Crippen molar-refractivity contribution < 1.29 is 14.6 Å². The number of hydrogen-bond acceptors (Lipinski definition) is 5. The normalized spacial score (nSPS) is 14.4. The molecule has 6 heteroatoms. The molecule has 0 unspecified atom stereocenters. The van der Waals surface area contributed by atoms with E-state index in [0.29, 0.717) is 11.3 Å². The van der Waals surface area contributed by atoms with Crippen LogP contribution in [0.4, 0.5) is 5.69 Å². The highest BCUT2D eigenvalue weighted by Crippen LogP contribution is 2.18. The van der Waals surface area contributed by atoms with Gasteiger partial charge in [0.15, 0.2) is 0 Å². The van der Waals surface area contributed by atoms with Gasteiger partial charge in [0.05, 0.1) is 24.5 Å². The molecule has 1 saturated heterocycles. The van der Waals surface area contributed by atoms with Crippen LogP contribution in [0.5, 0.6) is 0 Å². The molecule has 25 heavy (non-hydrogen) atoms. The van der Waals surface area contributed by atoms with Gasteiger partial charge in [0.2, 0.25) is 0 Å². The molecule has 0 spiro atoms. The Morgan fingerprint density at radius 3 is 2.52 bits per heavy atom. The molecule has 0 amide bonds. The summed E-state index contributed by atoms with van der Waals surface area (Å²) >= 11 is 0. The molecular weight excluding hydrogens is 318 g/mol. The van der Waals surface area contributed by atoms with Gasteiger partial charge in [-0.15, -0.1) is 0 Å². The van der Waals surface area contributed by atoms with E-state index in [2.05, 4.69) is 9.88 Å². The number of pyridine rings is 1. The van der Waals surface area contributed by atoms with E-state index in [1.54, 1.807) is 6.08 Å². The van der Waals surface area contributed by atoms with E-state index in [1.165, 1.54) is 12.1 Å². The molecule has 1 fully saturated rings. The number of carbonyl (C=O) groups is 1. The number of ether oxygens (including phenoxy) is 1. The minimum Gasteiger partial charge on any atom is -0.477 e. The predicted molar refractivity (Wildman–Crippen MR) is 94.3 cm³/mol. The summed E-state index contributed by atoms with van der Waals surface area (Å²) in [7, 11) is 0. The average Bonchev–Trinajstić information content (AvgIpc) is 2.67. The van der Waals surface area contributed by atoms with Crippen LogP contribution in [0.15, 0.2) is 36.4 Å². The minimum absolute atomic E-state index is 0.0821. The third-order valence-corrected chi connectivity index (χ3v) is 3.97. The summed E-state index contributed by atoms with van der Waals surface area (Å²) in [4.78, 5) is 17.3. The standard InChI is InChI=1S/C19H17N3O3/c20-13-15-4-8-18(19(23)24)21-17(15)7-3-14-1-5-16(6-2-14)22-9-11-25-12-10-22/h1-8H,9-12H2,(H,23,24)/b7-3-. The van der Waals surface area contributed by atoms with E-state index in [1.807, 2.05) is 36.4 Å². The monoisotopic (exact) mass is 335 g/mol. The maximum Gasteiger partial charge on any atom is 0.354 e. The summed E-state index contributed by atoms with van der Waals surface area (Å²) in [5, 5.41) is 18.2. The van der Waals surface area contributed by atoms with E-state index >= 15 is 0 Å². The summed E-state index contributed by atoms with van der Waals surface area (Å²) in [5.41, 5.74) is 2.69. The van der Waals surface area contributed by atoms with E-state index in [0.717, 1.165) is 37.6 Å². The summed E-state index contributed by atoms with van der Waals surface area (Å²) < 4.78 is 5.35. The van der Waals surface area contributed by atoms with Gasteiger partial charge < -0.3 is 14.7 Å². The van der Waals surface area contributed by atoms with Crippen LogP contribution in [0, 0.1) is 11.3 Å². The van der Waals surface area contributed by atoms with E-state index in [4.69, 9.17) is 15.1 Å². The lowest BCUT2D eigenvalue weighted by Gasteiger charge is -2.28. The zero-order chi connectivity index (χ0) is 17.6. The molecule has 1 aromatic heterocycles. The Kier molecular flexibility index (Phi) is 5.07. The number of benzene rings is 1. The zero-order valence-corrected chi connectivity index (χ0v) is 13.6. The first-order valence-electron chi connectivity index (χ1n) is 7.92. The highest BCUT2D eigenvalue weighted by Gasteiger charge is 2.11. The second-order valence-corrected chi connectivity index (χ2v) is 5.57. The van der Waals surface area contributed by atoms with Crippen LogP contribution in [0.25, 0.3) is 12.2 Å². The van der Waals surface area contributed by atoms with Crippen molar-refractivity contribution in [2.45, 2.75) is 0 Å². The lowest BCUT2D eigenvalue weighted by Crippen LogP contribution is -2.36. The Morgan fingerprint density at radius 2 is 1.88 bits per heavy atom. The molecule has 2 aromatic rings. The van der Waals surface area contributed by atoms with Gasteiger partial charge in [-0.1, -0.05) is 18.2 Å². The van der Waals surface area contributed by atoms with Crippen molar-refractivity contribution in [2.75, 3.05) is 31.2 Å². The topological polar surface area (TPSA) is 86.5 Å². The van der Waals surface area contributed by atoms with Crippen LogP contribution in [-0.4, -0.2) is 42.4 Å². The van der Waals surface area contributed by atoms with Crippen LogP contribution >= 0.6 is 0 Å². The Morgan fingerprint density at radius 1 is 1.16 bits per heavy atom. The third kappa shape index (κ3) is 4.03. The number of carboxylic acids is 1. The quantitative estimate of drug-likeness (QED) is 0.924. The number of rotatable bonds is 4. The molecule has 1 aliphatic heterocycles. The van der Waals surface area contributed by atoms with Crippen LogP contribution in [0.3, 0.4) is 0 Å². The smallest absolute Gasteiger partial charge is 0.354 e. The molecule has 0 atom stereocenters. The first-order valence-corrected chi connectivity index (χ1v) is 7.92. The van der Waals surface area contributed by atoms with Crippen molar-refractivity contribution in [3.05, 3.63) is 58.9 Å². The third-order valence-electron chi connectivity index (χ3n) is 3.97.